The van der Waals surface area contributed by atoms with Crippen molar-refractivity contribution in [3.8, 4) is 84.4 Å². The molecule has 17 rings (SSSR count). The number of nitrogens with zero attached hydrogens (tertiary/aromatic N) is 1. The number of hydrogen-bond acceptors (Lipinski definition) is 5. The monoisotopic (exact) mass is 1310 g/mol. The summed E-state index contributed by atoms with van der Waals surface area (Å²) in [5.41, 5.74) is 33.7. The van der Waals surface area contributed by atoms with E-state index in [4.69, 9.17) is 18.9 Å². The second-order valence-corrected chi connectivity index (χ2v) is 29.1. The number of anilines is 3. The van der Waals surface area contributed by atoms with Crippen LogP contribution in [0.4, 0.5) is 17.1 Å². The average Bonchev–Trinajstić information content (AvgIpc) is 1.52. The number of unbranched alkanes of at least 4 members (excludes halogenated alkanes) is 10. The van der Waals surface area contributed by atoms with Gasteiger partial charge in [0.25, 0.3) is 0 Å². The van der Waals surface area contributed by atoms with Crippen LogP contribution in [0.15, 0.2) is 218 Å². The van der Waals surface area contributed by atoms with E-state index in [0.717, 1.165) is 99.3 Å². The van der Waals surface area contributed by atoms with Gasteiger partial charge in [0.2, 0.25) is 0 Å². The summed E-state index contributed by atoms with van der Waals surface area (Å²) in [4.78, 5) is 2.33. The summed E-state index contributed by atoms with van der Waals surface area (Å²) in [5, 5.41) is 2.29. The minimum atomic E-state index is -0.471. The number of aryl methyl sites for hydroxylation is 6. The minimum Gasteiger partial charge on any atom is -0.497 e. The molecule has 5 heteroatoms. The minimum absolute atomic E-state index is 0.279. The quantitative estimate of drug-likeness (QED) is 0.0755. The highest BCUT2D eigenvalue weighted by molar-refractivity contribution is 5.99. The fraction of sp³-hybridized carbons (Fsp3) is 0.263. The van der Waals surface area contributed by atoms with Gasteiger partial charge in [-0.05, 0) is 250 Å². The topological polar surface area (TPSA) is 40.2 Å². The molecule has 1 aliphatic heterocycles. The molecule has 2 spiro atoms. The second-order valence-electron chi connectivity index (χ2n) is 29.1. The molecule has 1 atom stereocenters. The summed E-state index contributed by atoms with van der Waals surface area (Å²) in [6.45, 7) is 19.3. The van der Waals surface area contributed by atoms with Crippen molar-refractivity contribution in [2.75, 3.05) is 25.2 Å². The molecule has 0 fully saturated rings. The first-order valence-corrected chi connectivity index (χ1v) is 36.9. The Hall–Kier alpha value is -10.1. The highest BCUT2D eigenvalue weighted by Gasteiger charge is 2.54. The van der Waals surface area contributed by atoms with E-state index in [2.05, 4.69) is 273 Å². The number of ether oxygens (including phenoxy) is 4. The predicted molar refractivity (Wildman–Crippen MR) is 416 cm³/mol. The zero-order valence-electron chi connectivity index (χ0n) is 59.8. The van der Waals surface area contributed by atoms with Crippen molar-refractivity contribution in [3.63, 3.8) is 0 Å². The molecule has 5 aliphatic rings. The lowest BCUT2D eigenvalue weighted by molar-refractivity contribution is 0.304. The highest BCUT2D eigenvalue weighted by Crippen LogP contribution is 2.66. The van der Waals surface area contributed by atoms with Gasteiger partial charge in [-0.3, -0.25) is 0 Å². The van der Waals surface area contributed by atoms with Crippen molar-refractivity contribution in [1.82, 2.24) is 0 Å². The van der Waals surface area contributed by atoms with E-state index in [1.807, 2.05) is 6.07 Å². The zero-order valence-corrected chi connectivity index (χ0v) is 59.8. The Kier molecular flexibility index (Phi) is 17.1. The Morgan fingerprint density at radius 2 is 0.680 bits per heavy atom. The molecule has 4 aliphatic carbocycles. The maximum Gasteiger partial charge on any atom is 0.152 e. The van der Waals surface area contributed by atoms with Gasteiger partial charge in [-0.15, -0.1) is 0 Å². The average molecular weight is 1310 g/mol. The molecular formula is C95H91NO4. The molecule has 0 bridgehead atoms. The number of fused-ring (bicyclic) bond motifs is 23. The molecule has 0 radical (unpaired) electrons. The lowest BCUT2D eigenvalue weighted by Gasteiger charge is -2.33. The van der Waals surface area contributed by atoms with E-state index in [0.29, 0.717) is 0 Å². The van der Waals surface area contributed by atoms with Crippen LogP contribution in [0.2, 0.25) is 0 Å². The Labute approximate surface area is 592 Å². The Bertz CT molecular complexity index is 5130. The van der Waals surface area contributed by atoms with Crippen molar-refractivity contribution in [2.24, 2.45) is 0 Å². The summed E-state index contributed by atoms with van der Waals surface area (Å²) in [7, 11) is 1.71. The molecule has 12 aromatic carbocycles. The predicted octanol–water partition coefficient (Wildman–Crippen LogP) is 25.8. The van der Waals surface area contributed by atoms with Crippen molar-refractivity contribution in [1.29, 1.82) is 0 Å². The third-order valence-corrected chi connectivity index (χ3v) is 22.2. The third-order valence-electron chi connectivity index (χ3n) is 22.2. The first-order valence-electron chi connectivity index (χ1n) is 36.9. The summed E-state index contributed by atoms with van der Waals surface area (Å²) in [6, 6.07) is 82.1. The lowest BCUT2D eigenvalue weighted by Crippen LogP contribution is -2.26. The molecule has 0 aromatic heterocycles. The van der Waals surface area contributed by atoms with Crippen LogP contribution in [0.3, 0.4) is 0 Å². The maximum atomic E-state index is 6.84. The second kappa shape index (κ2) is 26.5. The zero-order chi connectivity index (χ0) is 68.4. The van der Waals surface area contributed by atoms with E-state index in [1.54, 1.807) is 7.11 Å². The van der Waals surface area contributed by atoms with E-state index in [1.165, 1.54) is 181 Å². The molecule has 12 aromatic rings. The third kappa shape index (κ3) is 11.0. The van der Waals surface area contributed by atoms with Gasteiger partial charge in [0.1, 0.15) is 17.2 Å². The van der Waals surface area contributed by atoms with Gasteiger partial charge in [-0.25, -0.2) is 0 Å². The van der Waals surface area contributed by atoms with E-state index in [9.17, 15) is 0 Å². The van der Waals surface area contributed by atoms with E-state index < -0.39 is 5.41 Å². The molecular weight excluding hydrogens is 1220 g/mol. The van der Waals surface area contributed by atoms with Gasteiger partial charge in [0, 0.05) is 5.69 Å². The first kappa shape index (κ1) is 64.6. The maximum absolute atomic E-state index is 6.84. The Morgan fingerprint density at radius 3 is 1.21 bits per heavy atom. The first-order chi connectivity index (χ1) is 48.9. The van der Waals surface area contributed by atoms with Gasteiger partial charge in [-0.1, -0.05) is 245 Å². The van der Waals surface area contributed by atoms with Crippen LogP contribution in [0.25, 0.3) is 66.4 Å². The SMILES string of the molecule is CCCCCCCCOc1ccc2c(c1)-c1cc(C)ccc1C21c2cc(C)ccc2-c2ccc(-c3ccc4c(c3)Oc3cc(C)ccc3N4c3ccc4cc(OC)ccc4c3)cc21.CCCCCCCCOc1ccc2c(c1)-c1cc(C)ccc1C21c2cc(C)ccc2-c2ccc(C)cc21. The smallest absolute Gasteiger partial charge is 0.152 e. The van der Waals surface area contributed by atoms with Gasteiger partial charge >= 0.3 is 0 Å². The molecule has 0 amide bonds. The molecule has 1 unspecified atom stereocenters. The number of hydrogen-bond donors (Lipinski definition) is 0. The van der Waals surface area contributed by atoms with Crippen LogP contribution < -0.4 is 23.8 Å². The normalized spacial score (nSPS) is 14.6. The molecule has 0 N–H and O–H groups in total. The molecule has 5 nitrogen and oxygen atoms in total. The Balaban J connectivity index is 0.000000179. The van der Waals surface area contributed by atoms with Crippen LogP contribution in [0.1, 0.15) is 169 Å². The van der Waals surface area contributed by atoms with Crippen LogP contribution in [-0.4, -0.2) is 20.3 Å². The van der Waals surface area contributed by atoms with Crippen LogP contribution in [-0.2, 0) is 10.8 Å². The summed E-state index contributed by atoms with van der Waals surface area (Å²) < 4.78 is 25.2. The molecule has 100 heavy (non-hydrogen) atoms. The largest absolute Gasteiger partial charge is 0.497 e. The number of rotatable bonds is 19. The van der Waals surface area contributed by atoms with Crippen LogP contribution >= 0.6 is 0 Å². The van der Waals surface area contributed by atoms with E-state index in [-0.39, 0.29) is 5.41 Å². The fourth-order valence-corrected chi connectivity index (χ4v) is 17.4. The molecule has 0 saturated heterocycles. The molecule has 1 heterocycles. The van der Waals surface area contributed by atoms with Crippen LogP contribution in [0, 0.1) is 41.5 Å². The fourth-order valence-electron chi connectivity index (χ4n) is 17.4. The van der Waals surface area contributed by atoms with Crippen molar-refractivity contribution >= 4 is 27.8 Å². The van der Waals surface area contributed by atoms with Gasteiger partial charge in [0.15, 0.2) is 11.5 Å². The van der Waals surface area contributed by atoms with E-state index >= 15 is 0 Å². The molecule has 500 valence electrons. The van der Waals surface area contributed by atoms with Crippen LogP contribution in [0.5, 0.6) is 28.7 Å². The van der Waals surface area contributed by atoms with Crippen molar-refractivity contribution in [3.05, 3.63) is 296 Å². The lowest BCUT2D eigenvalue weighted by atomic mass is 9.70. The van der Waals surface area contributed by atoms with Crippen molar-refractivity contribution < 1.29 is 18.9 Å². The summed E-state index contributed by atoms with van der Waals surface area (Å²) in [6.07, 6.45) is 15.2. The van der Waals surface area contributed by atoms with Gasteiger partial charge < -0.3 is 23.8 Å². The van der Waals surface area contributed by atoms with Gasteiger partial charge in [-0.2, -0.15) is 0 Å². The molecule has 0 saturated carbocycles. The number of methoxy groups -OCH3 is 1. The van der Waals surface area contributed by atoms with Gasteiger partial charge in [0.05, 0.1) is 42.5 Å². The highest BCUT2D eigenvalue weighted by atomic mass is 16.5. The summed E-state index contributed by atoms with van der Waals surface area (Å²) >= 11 is 0. The standard InChI is InChI=1S/C59H53NO3.C36H38O/c1-6-7-8-9-10-11-28-62-46-21-25-52-50(36-46)49-29-37(2)13-24-51(49)59(52)53-30-38(3)12-22-47(53)48-23-17-42(34-54(48)59)43-18-27-56-58(35-43)63-57-31-39(4)14-26-55(57)60(56)44-19-15-41-33-45(61-5)20-16-40(41)32-44;1-5-6-7-8-9-10-19-37-27-14-18-33-31(23-27)30-20-24(2)13-17-32(30)36(33)34-21-25(3)11-15-28(34)29-16-12-26(4)22-35(29)36/h12-27,29-36H,6-11,28H2,1-5H3;11-18,20-23H,5-10,19H2,1-4H3. The Morgan fingerprint density at radius 1 is 0.300 bits per heavy atom. The summed E-state index contributed by atoms with van der Waals surface area (Å²) in [5.74, 6) is 4.47. The van der Waals surface area contributed by atoms with Crippen molar-refractivity contribution in [2.45, 2.75) is 143 Å². The number of benzene rings is 12.